The van der Waals surface area contributed by atoms with Crippen LogP contribution in [0, 0.1) is 6.92 Å². The number of hydrogen-bond donors (Lipinski definition) is 5. The minimum atomic E-state index is -0.972. The monoisotopic (exact) mass is 525 g/mol. The first-order valence-corrected chi connectivity index (χ1v) is 12.2. The molecule has 0 amide bonds. The Hall–Kier alpha value is -3.60. The topological polar surface area (TPSA) is 157 Å². The van der Waals surface area contributed by atoms with Crippen molar-refractivity contribution in [3.05, 3.63) is 101 Å². The van der Waals surface area contributed by atoms with Crippen LogP contribution in [0.3, 0.4) is 0 Å². The molecule has 0 fully saturated rings. The Morgan fingerprint density at radius 3 is 2.13 bits per heavy atom. The van der Waals surface area contributed by atoms with Crippen molar-refractivity contribution >= 4 is 17.8 Å². The van der Waals surface area contributed by atoms with Crippen LogP contribution in [0.5, 0.6) is 0 Å². The number of quaternary nitrogens is 1. The highest BCUT2D eigenvalue weighted by atomic mass is 16.5. The smallest absolute Gasteiger partial charge is 0.332 e. The van der Waals surface area contributed by atoms with Crippen molar-refractivity contribution in [3.8, 4) is 0 Å². The molecular weight excluding hydrogens is 488 g/mol. The number of carboxylic acid groups (broad SMARTS) is 1. The summed E-state index contributed by atoms with van der Waals surface area (Å²) in [5.41, 5.74) is 6.81. The van der Waals surface area contributed by atoms with E-state index in [1.165, 1.54) is 6.92 Å². The molecule has 38 heavy (non-hydrogen) atoms. The van der Waals surface area contributed by atoms with Crippen molar-refractivity contribution in [3.63, 3.8) is 0 Å². The quantitative estimate of drug-likeness (QED) is 0.225. The minimum Gasteiger partial charge on any atom is -0.479 e. The number of ether oxygens (including phenoxy) is 1. The Kier molecular flexibility index (Phi) is 12.1. The number of carbonyl (C=O) groups is 2. The lowest BCUT2D eigenvalue weighted by atomic mass is 10.1. The summed E-state index contributed by atoms with van der Waals surface area (Å²) in [6, 6.07) is 19.0. The minimum absolute atomic E-state index is 0.00772. The maximum absolute atomic E-state index is 12.8. The fourth-order valence-corrected chi connectivity index (χ4v) is 3.10. The van der Waals surface area contributed by atoms with Gasteiger partial charge in [-0.05, 0) is 37.1 Å². The number of nitrogens with zero attached hydrogens (tertiary/aromatic N) is 1. The van der Waals surface area contributed by atoms with Crippen LogP contribution in [-0.2, 0) is 22.7 Å². The second kappa shape index (κ2) is 15.0. The zero-order valence-corrected chi connectivity index (χ0v) is 21.8. The van der Waals surface area contributed by atoms with Crippen LogP contribution in [0.2, 0.25) is 0 Å². The maximum Gasteiger partial charge on any atom is 0.332 e. The molecule has 7 N–H and O–H groups in total. The number of rotatable bonds is 12. The first kappa shape index (κ1) is 30.6. The number of aliphatic hydroxyl groups excluding tert-OH is 3. The third-order valence-electron chi connectivity index (χ3n) is 5.82. The van der Waals surface area contributed by atoms with Gasteiger partial charge in [-0.25, -0.2) is 4.79 Å². The molecule has 9 nitrogen and oxygen atoms in total. The molecule has 0 bridgehead atoms. The lowest BCUT2D eigenvalue weighted by Crippen LogP contribution is -2.78. The molecule has 204 valence electrons. The van der Waals surface area contributed by atoms with Gasteiger partial charge in [0, 0.05) is 18.3 Å². The van der Waals surface area contributed by atoms with E-state index in [0.29, 0.717) is 17.8 Å². The molecule has 1 atom stereocenters. The van der Waals surface area contributed by atoms with Crippen molar-refractivity contribution in [2.45, 2.75) is 38.6 Å². The predicted octanol–water partition coefficient (Wildman–Crippen LogP) is 1.67. The van der Waals surface area contributed by atoms with Crippen LogP contribution in [0.1, 0.15) is 39.7 Å². The zero-order chi connectivity index (χ0) is 28.1. The van der Waals surface area contributed by atoms with Gasteiger partial charge in [0.2, 0.25) is 5.78 Å². The zero-order valence-electron chi connectivity index (χ0n) is 21.8. The van der Waals surface area contributed by atoms with Crippen molar-refractivity contribution in [2.24, 2.45) is 0 Å². The molecule has 3 aromatic rings. The molecule has 0 spiro atoms. The number of aliphatic carboxylic acids is 1. The number of aryl methyl sites for hydroxylation is 1. The summed E-state index contributed by atoms with van der Waals surface area (Å²) in [5, 5.41) is 34.1. The standard InChI is InChI=1S/C25H25NO4.C4H11NO3/c1-18-7-13-22(14-8-18)24(27)23-6-4-16-26(23)15-3-5-20-9-11-21(12-10-20)17-30-19(2)25(28)29;5-4(1-6,2-7)3-8/h3-14,16,19H,15,17H2,1-2H3,(H,28,29);6-8H,1-3,5H2/p+1/b5-3+;/t19-;/m1./s1. The molecule has 0 saturated heterocycles. The molecule has 1 aromatic heterocycles. The largest absolute Gasteiger partial charge is 0.479 e. The van der Waals surface area contributed by atoms with Gasteiger partial charge in [-0.1, -0.05) is 66.2 Å². The van der Waals surface area contributed by atoms with Crippen LogP contribution in [-0.4, -0.2) is 68.2 Å². The van der Waals surface area contributed by atoms with Crippen molar-refractivity contribution in [1.29, 1.82) is 0 Å². The van der Waals surface area contributed by atoms with Gasteiger partial charge in [-0.2, -0.15) is 0 Å². The number of ketones is 1. The third-order valence-corrected chi connectivity index (χ3v) is 5.82. The van der Waals surface area contributed by atoms with Crippen molar-refractivity contribution < 1.29 is 40.5 Å². The van der Waals surface area contributed by atoms with E-state index in [2.05, 4.69) is 5.73 Å². The number of allylic oxidation sites excluding steroid dienone is 1. The number of hydrogen-bond acceptors (Lipinski definition) is 6. The Labute approximate surface area is 222 Å². The predicted molar refractivity (Wildman–Crippen MR) is 143 cm³/mol. The first-order valence-electron chi connectivity index (χ1n) is 12.2. The van der Waals surface area contributed by atoms with E-state index in [4.69, 9.17) is 25.2 Å². The second-order valence-electron chi connectivity index (χ2n) is 9.15. The highest BCUT2D eigenvalue weighted by Gasteiger charge is 2.25. The van der Waals surface area contributed by atoms with Gasteiger partial charge in [0.25, 0.3) is 0 Å². The third kappa shape index (κ3) is 9.37. The molecular formula is C29H37N2O7+. The summed E-state index contributed by atoms with van der Waals surface area (Å²) in [6.07, 6.45) is 5.06. The molecule has 1 heterocycles. The summed E-state index contributed by atoms with van der Waals surface area (Å²) >= 11 is 0. The van der Waals surface area contributed by atoms with E-state index in [1.807, 2.05) is 90.5 Å². The molecule has 0 unspecified atom stereocenters. The molecule has 0 radical (unpaired) electrons. The number of aliphatic hydroxyl groups is 3. The van der Waals surface area contributed by atoms with Crippen molar-refractivity contribution in [2.75, 3.05) is 19.8 Å². The van der Waals surface area contributed by atoms with E-state index in [0.717, 1.165) is 16.7 Å². The van der Waals surface area contributed by atoms with Crippen LogP contribution >= 0.6 is 0 Å². The number of carbonyl (C=O) groups excluding carboxylic acids is 1. The van der Waals surface area contributed by atoms with E-state index < -0.39 is 17.6 Å². The number of aromatic nitrogens is 1. The van der Waals surface area contributed by atoms with Crippen molar-refractivity contribution in [1.82, 2.24) is 4.57 Å². The van der Waals surface area contributed by atoms with E-state index in [1.54, 1.807) is 0 Å². The average molecular weight is 526 g/mol. The van der Waals surface area contributed by atoms with E-state index in [9.17, 15) is 9.59 Å². The second-order valence-corrected chi connectivity index (χ2v) is 9.15. The fourth-order valence-electron chi connectivity index (χ4n) is 3.10. The van der Waals surface area contributed by atoms with Gasteiger partial charge < -0.3 is 35.5 Å². The van der Waals surface area contributed by atoms with Gasteiger partial charge in [-0.3, -0.25) is 4.79 Å². The molecule has 9 heteroatoms. The average Bonchev–Trinajstić information content (AvgIpc) is 3.40. The van der Waals surface area contributed by atoms with Gasteiger partial charge in [0.1, 0.15) is 19.8 Å². The van der Waals surface area contributed by atoms with Gasteiger partial charge in [0.15, 0.2) is 11.6 Å². The lowest BCUT2D eigenvalue weighted by Gasteiger charge is -2.16. The molecule has 0 saturated carbocycles. The normalized spacial score (nSPS) is 12.2. The van der Waals surface area contributed by atoms with Gasteiger partial charge in [0.05, 0.1) is 12.3 Å². The Morgan fingerprint density at radius 1 is 1.00 bits per heavy atom. The Bertz CT molecular complexity index is 1170. The highest BCUT2D eigenvalue weighted by molar-refractivity contribution is 6.08. The summed E-state index contributed by atoms with van der Waals surface area (Å²) in [7, 11) is 0. The summed E-state index contributed by atoms with van der Waals surface area (Å²) in [4.78, 5) is 23.6. The van der Waals surface area contributed by atoms with Gasteiger partial charge >= 0.3 is 5.97 Å². The number of benzene rings is 2. The Balaban J connectivity index is 0.000000550. The van der Waals surface area contributed by atoms with Gasteiger partial charge in [-0.15, -0.1) is 0 Å². The Morgan fingerprint density at radius 2 is 1.61 bits per heavy atom. The molecule has 3 rings (SSSR count). The maximum atomic E-state index is 12.8. The highest BCUT2D eigenvalue weighted by Crippen LogP contribution is 2.13. The van der Waals surface area contributed by atoms with E-state index in [-0.39, 0.29) is 32.2 Å². The summed E-state index contributed by atoms with van der Waals surface area (Å²) in [5.74, 6) is -0.965. The molecule has 0 aliphatic carbocycles. The lowest BCUT2D eigenvalue weighted by molar-refractivity contribution is -0.494. The number of carboxylic acids is 1. The SMILES string of the molecule is Cc1ccc(C(=O)c2cccn2C/C=C/c2ccc(CO[C@H](C)C(=O)O)cc2)cc1.[NH3+]C(CO)(CO)CO. The summed E-state index contributed by atoms with van der Waals surface area (Å²) in [6.45, 7) is 3.47. The van der Waals surface area contributed by atoms with Crippen LogP contribution in [0.25, 0.3) is 6.08 Å². The molecule has 2 aromatic carbocycles. The fraction of sp³-hybridized carbons (Fsp3) is 0.310. The first-order chi connectivity index (χ1) is 18.1. The van der Waals surface area contributed by atoms with Crippen LogP contribution < -0.4 is 5.73 Å². The summed E-state index contributed by atoms with van der Waals surface area (Å²) < 4.78 is 7.21. The van der Waals surface area contributed by atoms with E-state index >= 15 is 0 Å². The van der Waals surface area contributed by atoms with Crippen LogP contribution in [0.15, 0.2) is 72.9 Å². The molecule has 0 aliphatic heterocycles. The van der Waals surface area contributed by atoms with Crippen LogP contribution in [0.4, 0.5) is 0 Å². The molecule has 0 aliphatic rings.